The van der Waals surface area contributed by atoms with Crippen LogP contribution in [-0.4, -0.2) is 47.5 Å². The minimum absolute atomic E-state index is 0.137. The van der Waals surface area contributed by atoms with Crippen molar-refractivity contribution in [2.75, 3.05) is 13.2 Å². The molecule has 2 atom stereocenters. The van der Waals surface area contributed by atoms with Crippen molar-refractivity contribution < 1.29 is 32.2 Å². The summed E-state index contributed by atoms with van der Waals surface area (Å²) in [5, 5.41) is 0. The minimum atomic E-state index is -4.82. The second-order valence-electron chi connectivity index (χ2n) is 4.75. The van der Waals surface area contributed by atoms with Crippen LogP contribution in [-0.2, 0) is 14.3 Å². The predicted molar refractivity (Wildman–Crippen MR) is 73.8 cm³/mol. The normalized spacial score (nSPS) is 14.1. The van der Waals surface area contributed by atoms with Crippen molar-refractivity contribution >= 4 is 5.97 Å². The fourth-order valence-corrected chi connectivity index (χ4v) is 1.50. The zero-order valence-corrected chi connectivity index (χ0v) is 12.9. The third kappa shape index (κ3) is 7.27. The first-order valence-corrected chi connectivity index (χ1v) is 7.12. The smallest absolute Gasteiger partial charge is 0.425 e. The summed E-state index contributed by atoms with van der Waals surface area (Å²) in [4.78, 5) is 19.1. The molecule has 0 bridgehead atoms. The number of carbonyl (C=O) groups is 1. The number of hydrogen-bond acceptors (Lipinski definition) is 6. The van der Waals surface area contributed by atoms with E-state index < -0.39 is 24.4 Å². The summed E-state index contributed by atoms with van der Waals surface area (Å²) in [6.45, 7) is 2.92. The van der Waals surface area contributed by atoms with Crippen LogP contribution in [0.3, 0.4) is 0 Å². The fourth-order valence-electron chi connectivity index (χ4n) is 1.50. The Hall–Kier alpha value is -1.90. The van der Waals surface area contributed by atoms with Gasteiger partial charge in [-0.3, -0.25) is 0 Å². The zero-order valence-electron chi connectivity index (χ0n) is 12.9. The second kappa shape index (κ2) is 9.29. The first-order chi connectivity index (χ1) is 10.8. The molecule has 0 aliphatic rings. The average Bonchev–Trinajstić information content (AvgIpc) is 2.49. The van der Waals surface area contributed by atoms with Crippen molar-refractivity contribution in [3.63, 3.8) is 0 Å². The van der Waals surface area contributed by atoms with Gasteiger partial charge < -0.3 is 14.2 Å². The van der Waals surface area contributed by atoms with E-state index in [9.17, 15) is 18.0 Å². The van der Waals surface area contributed by atoms with Crippen molar-refractivity contribution in [1.29, 1.82) is 0 Å². The molecule has 9 heteroatoms. The highest BCUT2D eigenvalue weighted by Crippen LogP contribution is 2.24. The van der Waals surface area contributed by atoms with Crippen molar-refractivity contribution in [3.8, 4) is 5.88 Å². The van der Waals surface area contributed by atoms with Crippen LogP contribution >= 0.6 is 0 Å². The van der Waals surface area contributed by atoms with Gasteiger partial charge in [-0.15, -0.1) is 0 Å². The van der Waals surface area contributed by atoms with Gasteiger partial charge in [0.25, 0.3) is 6.10 Å². The second-order valence-corrected chi connectivity index (χ2v) is 4.75. The van der Waals surface area contributed by atoms with E-state index in [1.165, 1.54) is 25.5 Å². The number of unbranched alkanes of at least 4 members (excludes halogenated alkanes) is 1. The lowest BCUT2D eigenvalue weighted by Crippen LogP contribution is -2.42. The molecule has 1 heterocycles. The number of aromatic nitrogens is 2. The fraction of sp³-hybridized carbons (Fsp3) is 0.643. The zero-order chi connectivity index (χ0) is 17.3. The molecule has 0 saturated heterocycles. The lowest BCUT2D eigenvalue weighted by molar-refractivity contribution is -0.232. The molecule has 1 aromatic heterocycles. The Kier molecular flexibility index (Phi) is 7.73. The van der Waals surface area contributed by atoms with Gasteiger partial charge in [0, 0.05) is 18.9 Å². The highest BCUT2D eigenvalue weighted by molar-refractivity contribution is 5.75. The third-order valence-electron chi connectivity index (χ3n) is 2.63. The summed E-state index contributed by atoms with van der Waals surface area (Å²) < 4.78 is 53.0. The Morgan fingerprint density at radius 3 is 2.70 bits per heavy atom. The SMILES string of the molecule is CCCCOC(C(=O)OC(C)COc1ccncn1)C(F)(F)F. The quantitative estimate of drug-likeness (QED) is 0.510. The molecular formula is C14H19F3N2O4. The molecule has 6 nitrogen and oxygen atoms in total. The number of carbonyl (C=O) groups excluding carboxylic acids is 1. The van der Waals surface area contributed by atoms with Crippen molar-refractivity contribution in [2.24, 2.45) is 0 Å². The summed E-state index contributed by atoms with van der Waals surface area (Å²) in [6, 6.07) is 1.47. The van der Waals surface area contributed by atoms with Crippen LogP contribution in [0.2, 0.25) is 0 Å². The van der Waals surface area contributed by atoms with Crippen LogP contribution in [0.1, 0.15) is 26.7 Å². The number of esters is 1. The molecule has 0 aromatic carbocycles. The highest BCUT2D eigenvalue weighted by atomic mass is 19.4. The van der Waals surface area contributed by atoms with Crippen LogP contribution in [0.4, 0.5) is 13.2 Å². The molecule has 1 aromatic rings. The number of nitrogens with zero attached hydrogens (tertiary/aromatic N) is 2. The lowest BCUT2D eigenvalue weighted by atomic mass is 10.3. The number of halogens is 3. The largest absolute Gasteiger partial charge is 0.474 e. The summed E-state index contributed by atoms with van der Waals surface area (Å²) in [5.74, 6) is -1.25. The molecule has 0 N–H and O–H groups in total. The summed E-state index contributed by atoms with van der Waals surface area (Å²) in [6.07, 6.45) is -4.52. The molecule has 0 spiro atoms. The minimum Gasteiger partial charge on any atom is -0.474 e. The molecule has 1 rings (SSSR count). The Labute approximate surface area is 132 Å². The first kappa shape index (κ1) is 19.1. The molecule has 0 amide bonds. The Morgan fingerprint density at radius 1 is 1.39 bits per heavy atom. The van der Waals surface area contributed by atoms with E-state index in [1.807, 2.05) is 0 Å². The Balaban J connectivity index is 2.49. The van der Waals surface area contributed by atoms with Crippen LogP contribution in [0.25, 0.3) is 0 Å². The highest BCUT2D eigenvalue weighted by Gasteiger charge is 2.47. The van der Waals surface area contributed by atoms with Crippen LogP contribution in [0, 0.1) is 0 Å². The standard InChI is InChI=1S/C14H19F3N2O4/c1-3-4-7-21-12(14(15,16)17)13(20)23-10(2)8-22-11-5-6-18-9-19-11/h5-6,9-10,12H,3-4,7-8H2,1-2H3. The Morgan fingerprint density at radius 2 is 2.13 bits per heavy atom. The maximum Gasteiger partial charge on any atom is 0.425 e. The molecular weight excluding hydrogens is 317 g/mol. The predicted octanol–water partition coefficient (Wildman–Crippen LogP) is 2.53. The van der Waals surface area contributed by atoms with E-state index in [1.54, 1.807) is 6.92 Å². The van der Waals surface area contributed by atoms with Crippen molar-refractivity contribution in [1.82, 2.24) is 9.97 Å². The molecule has 0 saturated carbocycles. The third-order valence-corrected chi connectivity index (χ3v) is 2.63. The van der Waals surface area contributed by atoms with Gasteiger partial charge in [0.1, 0.15) is 19.0 Å². The summed E-state index contributed by atoms with van der Waals surface area (Å²) in [5.41, 5.74) is 0. The first-order valence-electron chi connectivity index (χ1n) is 7.12. The van der Waals surface area contributed by atoms with E-state index in [0.717, 1.165) is 0 Å². The maximum absolute atomic E-state index is 12.8. The Bertz CT molecular complexity index is 471. The monoisotopic (exact) mass is 336 g/mol. The summed E-state index contributed by atoms with van der Waals surface area (Å²) in [7, 11) is 0. The van der Waals surface area contributed by atoms with Gasteiger partial charge in [-0.25, -0.2) is 14.8 Å². The molecule has 0 aliphatic heterocycles. The molecule has 2 unspecified atom stereocenters. The van der Waals surface area contributed by atoms with E-state index in [0.29, 0.717) is 12.8 Å². The van der Waals surface area contributed by atoms with E-state index in [4.69, 9.17) is 9.47 Å². The lowest BCUT2D eigenvalue weighted by Gasteiger charge is -2.21. The molecule has 0 aliphatic carbocycles. The van der Waals surface area contributed by atoms with Gasteiger partial charge in [-0.2, -0.15) is 13.2 Å². The van der Waals surface area contributed by atoms with E-state index in [2.05, 4.69) is 14.7 Å². The average molecular weight is 336 g/mol. The molecule has 0 radical (unpaired) electrons. The molecule has 23 heavy (non-hydrogen) atoms. The van der Waals surface area contributed by atoms with E-state index in [-0.39, 0.29) is 19.1 Å². The van der Waals surface area contributed by atoms with Crippen LogP contribution in [0.5, 0.6) is 5.88 Å². The maximum atomic E-state index is 12.8. The summed E-state index contributed by atoms with van der Waals surface area (Å²) >= 11 is 0. The topological polar surface area (TPSA) is 70.5 Å². The number of hydrogen-bond donors (Lipinski definition) is 0. The van der Waals surface area contributed by atoms with Gasteiger partial charge in [0.05, 0.1) is 0 Å². The molecule has 0 fully saturated rings. The van der Waals surface area contributed by atoms with Crippen molar-refractivity contribution in [2.45, 2.75) is 45.1 Å². The number of rotatable bonds is 9. The van der Waals surface area contributed by atoms with Crippen molar-refractivity contribution in [3.05, 3.63) is 18.6 Å². The number of alkyl halides is 3. The van der Waals surface area contributed by atoms with Gasteiger partial charge in [-0.1, -0.05) is 13.3 Å². The van der Waals surface area contributed by atoms with Gasteiger partial charge in [-0.05, 0) is 13.3 Å². The molecule has 130 valence electrons. The number of ether oxygens (including phenoxy) is 3. The van der Waals surface area contributed by atoms with Gasteiger partial charge in [0.2, 0.25) is 5.88 Å². The van der Waals surface area contributed by atoms with Gasteiger partial charge >= 0.3 is 12.1 Å². The van der Waals surface area contributed by atoms with E-state index >= 15 is 0 Å². The van der Waals surface area contributed by atoms with Gasteiger partial charge in [0.15, 0.2) is 0 Å². The van der Waals surface area contributed by atoms with Crippen LogP contribution < -0.4 is 4.74 Å². The van der Waals surface area contributed by atoms with Crippen LogP contribution in [0.15, 0.2) is 18.6 Å².